The predicted molar refractivity (Wildman–Crippen MR) is 82.4 cm³/mol. The van der Waals surface area contributed by atoms with Crippen molar-refractivity contribution in [3.8, 4) is 11.3 Å². The van der Waals surface area contributed by atoms with Crippen molar-refractivity contribution >= 4 is 0 Å². The van der Waals surface area contributed by atoms with Crippen LogP contribution in [-0.4, -0.2) is 9.97 Å². The first-order valence-electron chi connectivity index (χ1n) is 7.65. The Morgan fingerprint density at radius 2 is 1.90 bits per heavy atom. The van der Waals surface area contributed by atoms with Gasteiger partial charge in [-0.3, -0.25) is 0 Å². The molecule has 1 saturated carbocycles. The van der Waals surface area contributed by atoms with Crippen LogP contribution in [0.1, 0.15) is 50.4 Å². The van der Waals surface area contributed by atoms with Gasteiger partial charge in [0.1, 0.15) is 5.82 Å². The number of imidazole rings is 1. The minimum atomic E-state index is -0.236. The molecule has 0 bridgehead atoms. The Labute approximate surface area is 120 Å². The molecule has 1 fully saturated rings. The SMILES string of the molecule is CCCc1ccc(-c2cnc(C3(N)CCCC3)[nH]2)cc1. The lowest BCUT2D eigenvalue weighted by atomic mass is 9.98. The zero-order valence-electron chi connectivity index (χ0n) is 12.2. The second-order valence-corrected chi connectivity index (χ2v) is 5.96. The molecule has 20 heavy (non-hydrogen) atoms. The van der Waals surface area contributed by atoms with E-state index in [1.54, 1.807) is 0 Å². The Balaban J connectivity index is 1.82. The summed E-state index contributed by atoms with van der Waals surface area (Å²) in [5, 5.41) is 0. The number of benzene rings is 1. The van der Waals surface area contributed by atoms with Crippen molar-refractivity contribution in [3.05, 3.63) is 41.9 Å². The molecule has 1 aliphatic rings. The highest BCUT2D eigenvalue weighted by atomic mass is 15.0. The average molecular weight is 269 g/mol. The van der Waals surface area contributed by atoms with Gasteiger partial charge in [-0.2, -0.15) is 0 Å². The van der Waals surface area contributed by atoms with Crippen LogP contribution < -0.4 is 5.73 Å². The number of aromatic nitrogens is 2. The fraction of sp³-hybridized carbons (Fsp3) is 0.471. The average Bonchev–Trinajstić information content (AvgIpc) is 3.10. The van der Waals surface area contributed by atoms with E-state index in [-0.39, 0.29) is 5.54 Å². The fourth-order valence-corrected chi connectivity index (χ4v) is 3.10. The van der Waals surface area contributed by atoms with Gasteiger partial charge in [-0.15, -0.1) is 0 Å². The number of hydrogen-bond donors (Lipinski definition) is 2. The minimum Gasteiger partial charge on any atom is -0.340 e. The number of nitrogens with zero attached hydrogens (tertiary/aromatic N) is 1. The Kier molecular flexibility index (Phi) is 3.62. The molecule has 2 aromatic rings. The van der Waals surface area contributed by atoms with Crippen LogP contribution in [0.3, 0.4) is 0 Å². The van der Waals surface area contributed by atoms with Crippen molar-refractivity contribution in [3.63, 3.8) is 0 Å². The molecular formula is C17H23N3. The molecule has 3 heteroatoms. The molecule has 1 aliphatic carbocycles. The highest BCUT2D eigenvalue weighted by molar-refractivity contribution is 5.59. The molecule has 0 unspecified atom stereocenters. The van der Waals surface area contributed by atoms with E-state index in [1.807, 2.05) is 6.20 Å². The van der Waals surface area contributed by atoms with Crippen molar-refractivity contribution < 1.29 is 0 Å². The van der Waals surface area contributed by atoms with Gasteiger partial charge < -0.3 is 10.7 Å². The van der Waals surface area contributed by atoms with E-state index in [2.05, 4.69) is 41.2 Å². The van der Waals surface area contributed by atoms with Crippen molar-refractivity contribution in [1.29, 1.82) is 0 Å². The maximum atomic E-state index is 6.44. The summed E-state index contributed by atoms with van der Waals surface area (Å²) in [5.74, 6) is 0.947. The van der Waals surface area contributed by atoms with Gasteiger partial charge in [0.05, 0.1) is 17.4 Å². The summed E-state index contributed by atoms with van der Waals surface area (Å²) in [5.41, 5.74) is 9.85. The van der Waals surface area contributed by atoms with Crippen LogP contribution in [0.15, 0.2) is 30.5 Å². The van der Waals surface area contributed by atoms with E-state index in [1.165, 1.54) is 30.4 Å². The number of hydrogen-bond acceptors (Lipinski definition) is 2. The number of H-pyrrole nitrogens is 1. The second kappa shape index (κ2) is 5.41. The van der Waals surface area contributed by atoms with Gasteiger partial charge in [-0.05, 0) is 30.4 Å². The van der Waals surface area contributed by atoms with Crippen LogP contribution in [0.2, 0.25) is 0 Å². The van der Waals surface area contributed by atoms with E-state index in [9.17, 15) is 0 Å². The molecule has 0 spiro atoms. The van der Waals surface area contributed by atoms with E-state index in [4.69, 9.17) is 5.73 Å². The van der Waals surface area contributed by atoms with Crippen molar-refractivity contribution in [1.82, 2.24) is 9.97 Å². The maximum Gasteiger partial charge on any atom is 0.126 e. The van der Waals surface area contributed by atoms with E-state index in [0.29, 0.717) is 0 Å². The van der Waals surface area contributed by atoms with Crippen LogP contribution in [0.4, 0.5) is 0 Å². The Hall–Kier alpha value is -1.61. The summed E-state index contributed by atoms with van der Waals surface area (Å²) >= 11 is 0. The standard InChI is InChI=1S/C17H23N3/c1-2-5-13-6-8-14(9-7-13)15-12-19-16(20-15)17(18)10-3-4-11-17/h6-9,12H,2-5,10-11,18H2,1H3,(H,19,20). The summed E-state index contributed by atoms with van der Waals surface area (Å²) in [6.07, 6.45) is 8.72. The smallest absolute Gasteiger partial charge is 0.126 e. The topological polar surface area (TPSA) is 54.7 Å². The van der Waals surface area contributed by atoms with E-state index in [0.717, 1.165) is 30.8 Å². The van der Waals surface area contributed by atoms with Crippen LogP contribution in [0.5, 0.6) is 0 Å². The zero-order valence-corrected chi connectivity index (χ0v) is 12.2. The summed E-state index contributed by atoms with van der Waals surface area (Å²) in [6, 6.07) is 8.74. The zero-order chi connectivity index (χ0) is 14.0. The van der Waals surface area contributed by atoms with Gasteiger partial charge in [-0.25, -0.2) is 4.98 Å². The summed E-state index contributed by atoms with van der Waals surface area (Å²) in [4.78, 5) is 7.95. The summed E-state index contributed by atoms with van der Waals surface area (Å²) in [6.45, 7) is 2.21. The van der Waals surface area contributed by atoms with Crippen LogP contribution in [0, 0.1) is 0 Å². The number of rotatable bonds is 4. The first-order chi connectivity index (χ1) is 9.71. The molecule has 1 heterocycles. The van der Waals surface area contributed by atoms with Crippen LogP contribution in [-0.2, 0) is 12.0 Å². The highest BCUT2D eigenvalue weighted by Gasteiger charge is 2.33. The van der Waals surface area contributed by atoms with Gasteiger partial charge in [0, 0.05) is 0 Å². The van der Waals surface area contributed by atoms with Gasteiger partial charge in [-0.1, -0.05) is 50.5 Å². The normalized spacial score (nSPS) is 17.5. The van der Waals surface area contributed by atoms with Gasteiger partial charge >= 0.3 is 0 Å². The lowest BCUT2D eigenvalue weighted by molar-refractivity contribution is 0.436. The molecule has 0 atom stereocenters. The third kappa shape index (κ3) is 2.50. The lowest BCUT2D eigenvalue weighted by Gasteiger charge is -2.20. The summed E-state index contributed by atoms with van der Waals surface area (Å²) < 4.78 is 0. The van der Waals surface area contributed by atoms with Crippen LogP contribution >= 0.6 is 0 Å². The largest absolute Gasteiger partial charge is 0.340 e. The number of aromatic amines is 1. The third-order valence-electron chi connectivity index (χ3n) is 4.35. The monoisotopic (exact) mass is 269 g/mol. The third-order valence-corrected chi connectivity index (χ3v) is 4.35. The summed E-state index contributed by atoms with van der Waals surface area (Å²) in [7, 11) is 0. The molecular weight excluding hydrogens is 246 g/mol. The molecule has 3 rings (SSSR count). The molecule has 3 N–H and O–H groups in total. The first kappa shape index (κ1) is 13.4. The maximum absolute atomic E-state index is 6.44. The highest BCUT2D eigenvalue weighted by Crippen LogP contribution is 2.35. The second-order valence-electron chi connectivity index (χ2n) is 5.96. The molecule has 0 aliphatic heterocycles. The number of aryl methyl sites for hydroxylation is 1. The van der Waals surface area contributed by atoms with E-state index < -0.39 is 0 Å². The van der Waals surface area contributed by atoms with Crippen molar-refractivity contribution in [2.75, 3.05) is 0 Å². The Morgan fingerprint density at radius 3 is 2.55 bits per heavy atom. The predicted octanol–water partition coefficient (Wildman–Crippen LogP) is 3.76. The first-order valence-corrected chi connectivity index (χ1v) is 7.65. The van der Waals surface area contributed by atoms with Crippen LogP contribution in [0.25, 0.3) is 11.3 Å². The van der Waals surface area contributed by atoms with Crippen molar-refractivity contribution in [2.45, 2.75) is 51.0 Å². The quantitative estimate of drug-likeness (QED) is 0.888. The Morgan fingerprint density at radius 1 is 1.20 bits per heavy atom. The number of nitrogens with one attached hydrogen (secondary N) is 1. The van der Waals surface area contributed by atoms with Crippen molar-refractivity contribution in [2.24, 2.45) is 5.73 Å². The fourth-order valence-electron chi connectivity index (χ4n) is 3.10. The minimum absolute atomic E-state index is 0.236. The van der Waals surface area contributed by atoms with Gasteiger partial charge in [0.15, 0.2) is 0 Å². The number of nitrogens with two attached hydrogens (primary N) is 1. The molecule has 3 nitrogen and oxygen atoms in total. The lowest BCUT2D eigenvalue weighted by Crippen LogP contribution is -2.34. The van der Waals surface area contributed by atoms with E-state index >= 15 is 0 Å². The molecule has 1 aromatic carbocycles. The molecule has 1 aromatic heterocycles. The molecule has 0 radical (unpaired) electrons. The molecule has 106 valence electrons. The molecule has 0 saturated heterocycles. The van der Waals surface area contributed by atoms with Gasteiger partial charge in [0.25, 0.3) is 0 Å². The molecule has 0 amide bonds. The van der Waals surface area contributed by atoms with Gasteiger partial charge in [0.2, 0.25) is 0 Å². The Bertz CT molecular complexity index is 562.